The number of thiophene rings is 1. The number of aromatic nitrogens is 2. The number of hydrogen-bond donors (Lipinski definition) is 3. The highest BCUT2D eigenvalue weighted by atomic mass is 32.1. The van der Waals surface area contributed by atoms with Crippen molar-refractivity contribution in [3.8, 4) is 0 Å². The average molecular weight is 263 g/mol. The molecule has 18 heavy (non-hydrogen) atoms. The molecular formula is C12H17N5S. The molecule has 0 aromatic carbocycles. The Morgan fingerprint density at radius 3 is 2.94 bits per heavy atom. The number of rotatable bonds is 5. The topological polar surface area (TPSA) is 75.9 Å². The monoisotopic (exact) mass is 263 g/mol. The van der Waals surface area contributed by atoms with Crippen molar-refractivity contribution in [2.75, 3.05) is 17.3 Å². The number of fused-ring (bicyclic) bond motifs is 1. The van der Waals surface area contributed by atoms with Gasteiger partial charge in [0, 0.05) is 6.54 Å². The Bertz CT molecular complexity index is 561. The van der Waals surface area contributed by atoms with Gasteiger partial charge in [0.15, 0.2) is 0 Å². The van der Waals surface area contributed by atoms with Crippen molar-refractivity contribution in [1.82, 2.24) is 9.97 Å². The summed E-state index contributed by atoms with van der Waals surface area (Å²) in [5.74, 6) is 6.75. The van der Waals surface area contributed by atoms with E-state index in [0.717, 1.165) is 22.6 Å². The van der Waals surface area contributed by atoms with E-state index >= 15 is 0 Å². The molecule has 0 atom stereocenters. The van der Waals surface area contributed by atoms with E-state index in [1.807, 2.05) is 11.4 Å². The highest BCUT2D eigenvalue weighted by Gasteiger charge is 2.40. The van der Waals surface area contributed by atoms with Gasteiger partial charge in [-0.05, 0) is 36.1 Å². The lowest BCUT2D eigenvalue weighted by atomic mass is 10.0. The van der Waals surface area contributed by atoms with Crippen LogP contribution >= 0.6 is 11.3 Å². The molecule has 96 valence electrons. The van der Waals surface area contributed by atoms with E-state index in [2.05, 4.69) is 27.6 Å². The first kappa shape index (κ1) is 11.7. The third kappa shape index (κ3) is 2.02. The van der Waals surface area contributed by atoms with Gasteiger partial charge in [-0.3, -0.25) is 5.43 Å². The predicted octanol–water partition coefficient (Wildman–Crippen LogP) is 2.58. The number of nitrogens with one attached hydrogen (secondary N) is 2. The molecule has 2 aromatic heterocycles. The summed E-state index contributed by atoms with van der Waals surface area (Å²) in [6.07, 6.45) is 3.85. The van der Waals surface area contributed by atoms with Crippen LogP contribution in [0.1, 0.15) is 26.2 Å². The summed E-state index contributed by atoms with van der Waals surface area (Å²) in [5, 5.41) is 6.56. The van der Waals surface area contributed by atoms with Gasteiger partial charge in [0.2, 0.25) is 5.95 Å². The Kier molecular flexibility index (Phi) is 2.83. The third-order valence-corrected chi connectivity index (χ3v) is 4.60. The minimum Gasteiger partial charge on any atom is -0.369 e. The Balaban J connectivity index is 1.87. The highest BCUT2D eigenvalue weighted by Crippen LogP contribution is 2.48. The van der Waals surface area contributed by atoms with Crippen LogP contribution in [0, 0.1) is 5.41 Å². The minimum atomic E-state index is 0.466. The molecule has 0 radical (unpaired) electrons. The molecule has 5 nitrogen and oxygen atoms in total. The molecule has 3 rings (SSSR count). The van der Waals surface area contributed by atoms with Crippen LogP contribution in [-0.2, 0) is 0 Å². The zero-order valence-corrected chi connectivity index (χ0v) is 11.2. The Labute approximate surface area is 110 Å². The van der Waals surface area contributed by atoms with Crippen LogP contribution < -0.4 is 16.6 Å². The first-order valence-electron chi connectivity index (χ1n) is 6.22. The average Bonchev–Trinajstić information content (AvgIpc) is 3.04. The van der Waals surface area contributed by atoms with E-state index in [0.29, 0.717) is 11.4 Å². The van der Waals surface area contributed by atoms with E-state index in [1.165, 1.54) is 19.3 Å². The molecular weight excluding hydrogens is 246 g/mol. The molecule has 4 N–H and O–H groups in total. The fourth-order valence-corrected chi connectivity index (χ4v) is 2.92. The Morgan fingerprint density at radius 1 is 1.44 bits per heavy atom. The first-order chi connectivity index (χ1) is 8.76. The van der Waals surface area contributed by atoms with Crippen molar-refractivity contribution < 1.29 is 0 Å². The smallest absolute Gasteiger partial charge is 0.240 e. The molecule has 1 fully saturated rings. The van der Waals surface area contributed by atoms with E-state index in [-0.39, 0.29) is 0 Å². The van der Waals surface area contributed by atoms with Crippen molar-refractivity contribution in [2.24, 2.45) is 11.3 Å². The van der Waals surface area contributed by atoms with Crippen LogP contribution in [-0.4, -0.2) is 16.5 Å². The molecule has 6 heteroatoms. The molecule has 1 aliphatic carbocycles. The zero-order chi connectivity index (χ0) is 12.6. The summed E-state index contributed by atoms with van der Waals surface area (Å²) in [5.41, 5.74) is 3.01. The maximum Gasteiger partial charge on any atom is 0.240 e. The first-order valence-corrected chi connectivity index (χ1v) is 7.10. The summed E-state index contributed by atoms with van der Waals surface area (Å²) in [6.45, 7) is 3.23. The number of hydrogen-bond acceptors (Lipinski definition) is 6. The predicted molar refractivity (Wildman–Crippen MR) is 75.7 cm³/mol. The number of nitrogens with zero attached hydrogens (tertiary/aromatic N) is 2. The molecule has 0 unspecified atom stereocenters. The van der Waals surface area contributed by atoms with Gasteiger partial charge in [0.25, 0.3) is 0 Å². The molecule has 2 heterocycles. The van der Waals surface area contributed by atoms with E-state index < -0.39 is 0 Å². The Hall–Kier alpha value is -1.40. The molecule has 1 aliphatic rings. The summed E-state index contributed by atoms with van der Waals surface area (Å²) in [6, 6.07) is 2.05. The Morgan fingerprint density at radius 2 is 2.28 bits per heavy atom. The van der Waals surface area contributed by atoms with Crippen LogP contribution in [0.25, 0.3) is 10.2 Å². The van der Waals surface area contributed by atoms with Gasteiger partial charge >= 0.3 is 0 Å². The quantitative estimate of drug-likeness (QED) is 0.571. The van der Waals surface area contributed by atoms with Gasteiger partial charge in [-0.2, -0.15) is 4.98 Å². The lowest BCUT2D eigenvalue weighted by Gasteiger charge is -2.14. The van der Waals surface area contributed by atoms with Crippen molar-refractivity contribution in [3.63, 3.8) is 0 Å². The van der Waals surface area contributed by atoms with Gasteiger partial charge in [-0.1, -0.05) is 6.92 Å². The largest absolute Gasteiger partial charge is 0.369 e. The highest BCUT2D eigenvalue weighted by molar-refractivity contribution is 7.16. The van der Waals surface area contributed by atoms with Crippen molar-refractivity contribution in [2.45, 2.75) is 26.2 Å². The fraction of sp³-hybridized carbons (Fsp3) is 0.500. The zero-order valence-electron chi connectivity index (χ0n) is 10.4. The molecule has 0 bridgehead atoms. The normalized spacial score (nSPS) is 16.8. The second kappa shape index (κ2) is 4.37. The maximum absolute atomic E-state index is 5.40. The fourth-order valence-electron chi connectivity index (χ4n) is 2.16. The van der Waals surface area contributed by atoms with Crippen LogP contribution in [0.15, 0.2) is 11.4 Å². The van der Waals surface area contributed by atoms with Crippen LogP contribution in [0.2, 0.25) is 0 Å². The van der Waals surface area contributed by atoms with Crippen molar-refractivity contribution in [1.29, 1.82) is 0 Å². The summed E-state index contributed by atoms with van der Waals surface area (Å²) in [7, 11) is 0. The van der Waals surface area contributed by atoms with Gasteiger partial charge < -0.3 is 5.32 Å². The lowest BCUT2D eigenvalue weighted by molar-refractivity contribution is 0.521. The van der Waals surface area contributed by atoms with Crippen molar-refractivity contribution >= 4 is 33.3 Å². The second-order valence-corrected chi connectivity index (χ2v) is 5.78. The number of nitrogens with two attached hydrogens (primary N) is 1. The van der Waals surface area contributed by atoms with E-state index in [4.69, 9.17) is 5.84 Å². The van der Waals surface area contributed by atoms with Gasteiger partial charge in [0.05, 0.1) is 5.39 Å². The van der Waals surface area contributed by atoms with E-state index in [1.54, 1.807) is 11.3 Å². The molecule has 0 aliphatic heterocycles. The molecule has 0 spiro atoms. The van der Waals surface area contributed by atoms with Crippen LogP contribution in [0.4, 0.5) is 11.8 Å². The lowest BCUT2D eigenvalue weighted by Crippen LogP contribution is -2.17. The number of nitrogen functional groups attached to an aromatic ring is 1. The summed E-state index contributed by atoms with van der Waals surface area (Å²) in [4.78, 5) is 9.69. The number of hydrazine groups is 1. The SMILES string of the molecule is CCC1(CNc2nc(NN)nc3sccc23)CC1. The minimum absolute atomic E-state index is 0.466. The summed E-state index contributed by atoms with van der Waals surface area (Å²) >= 11 is 1.60. The molecule has 1 saturated carbocycles. The molecule has 0 saturated heterocycles. The maximum atomic E-state index is 5.40. The number of anilines is 2. The third-order valence-electron chi connectivity index (χ3n) is 3.79. The van der Waals surface area contributed by atoms with Crippen molar-refractivity contribution in [3.05, 3.63) is 11.4 Å². The van der Waals surface area contributed by atoms with Gasteiger partial charge in [-0.25, -0.2) is 10.8 Å². The standard InChI is InChI=1S/C12H17N5S/c1-2-12(4-5-12)7-14-9-8-3-6-18-10(8)16-11(15-9)17-13/h3,6H,2,4-5,7,13H2,1H3,(H2,14,15,16,17). The van der Waals surface area contributed by atoms with Gasteiger partial charge in [0.1, 0.15) is 10.6 Å². The van der Waals surface area contributed by atoms with Crippen LogP contribution in [0.3, 0.4) is 0 Å². The second-order valence-electron chi connectivity index (χ2n) is 4.89. The molecule has 0 amide bonds. The van der Waals surface area contributed by atoms with E-state index in [9.17, 15) is 0 Å². The van der Waals surface area contributed by atoms with Crippen LogP contribution in [0.5, 0.6) is 0 Å². The van der Waals surface area contributed by atoms with Gasteiger partial charge in [-0.15, -0.1) is 11.3 Å². The summed E-state index contributed by atoms with van der Waals surface area (Å²) < 4.78 is 0. The molecule has 2 aromatic rings.